The summed E-state index contributed by atoms with van der Waals surface area (Å²) < 4.78 is 0. The highest BCUT2D eigenvalue weighted by atomic mass is 35.5. The van der Waals surface area contributed by atoms with Gasteiger partial charge in [-0.25, -0.2) is 0 Å². The molecule has 0 aliphatic rings. The van der Waals surface area contributed by atoms with Crippen molar-refractivity contribution >= 4 is 23.5 Å². The molecule has 0 radical (unpaired) electrons. The van der Waals surface area contributed by atoms with Crippen molar-refractivity contribution in [2.75, 3.05) is 0 Å². The molecule has 0 spiro atoms. The van der Waals surface area contributed by atoms with Gasteiger partial charge in [0.25, 0.3) is 0 Å². The van der Waals surface area contributed by atoms with Crippen molar-refractivity contribution in [2.24, 2.45) is 5.73 Å². The molecule has 3 N–H and O–H groups in total. The molecule has 1 atom stereocenters. The average molecular weight is 228 g/mol. The van der Waals surface area contributed by atoms with Crippen LogP contribution in [0.1, 0.15) is 17.9 Å². The molecule has 1 amide bonds. The van der Waals surface area contributed by atoms with Crippen LogP contribution < -0.4 is 5.73 Å². The molecule has 15 heavy (non-hydrogen) atoms. The first kappa shape index (κ1) is 11.5. The maximum absolute atomic E-state index is 10.9. The Balaban J connectivity index is 3.04. The SMILES string of the molecule is NC(=O)C[C@H](C(=O)O)c1ccccc1Cl. The second-order valence-electron chi connectivity index (χ2n) is 3.08. The molecule has 5 heteroatoms. The third-order valence-electron chi connectivity index (χ3n) is 1.98. The van der Waals surface area contributed by atoms with Gasteiger partial charge < -0.3 is 10.8 Å². The Morgan fingerprint density at radius 2 is 2.00 bits per heavy atom. The first-order chi connectivity index (χ1) is 7.02. The van der Waals surface area contributed by atoms with Crippen LogP contribution in [0.15, 0.2) is 24.3 Å². The number of halogens is 1. The lowest BCUT2D eigenvalue weighted by molar-refractivity contribution is -0.140. The summed E-state index contributed by atoms with van der Waals surface area (Å²) in [5.41, 5.74) is 5.38. The predicted molar refractivity (Wildman–Crippen MR) is 55.6 cm³/mol. The number of primary amides is 1. The van der Waals surface area contributed by atoms with Gasteiger partial charge in [0.05, 0.1) is 5.92 Å². The van der Waals surface area contributed by atoms with E-state index in [-0.39, 0.29) is 6.42 Å². The topological polar surface area (TPSA) is 80.4 Å². The predicted octanol–water partition coefficient (Wildman–Crippen LogP) is 1.38. The summed E-state index contributed by atoms with van der Waals surface area (Å²) in [7, 11) is 0. The van der Waals surface area contributed by atoms with E-state index in [2.05, 4.69) is 0 Å². The minimum absolute atomic E-state index is 0.251. The number of hydrogen-bond acceptors (Lipinski definition) is 2. The summed E-state index contributed by atoms with van der Waals surface area (Å²) in [6.07, 6.45) is -0.251. The van der Waals surface area contributed by atoms with Crippen LogP contribution in [0.25, 0.3) is 0 Å². The zero-order valence-electron chi connectivity index (χ0n) is 7.81. The molecule has 4 nitrogen and oxygen atoms in total. The normalized spacial score (nSPS) is 12.1. The van der Waals surface area contributed by atoms with Gasteiger partial charge in [-0.1, -0.05) is 29.8 Å². The van der Waals surface area contributed by atoms with Crippen molar-refractivity contribution in [1.29, 1.82) is 0 Å². The van der Waals surface area contributed by atoms with E-state index >= 15 is 0 Å². The second kappa shape index (κ2) is 4.79. The molecular formula is C10H10ClNO3. The number of benzene rings is 1. The number of rotatable bonds is 4. The number of aliphatic carboxylic acids is 1. The standard InChI is InChI=1S/C10H10ClNO3/c11-8-4-2-1-3-6(8)7(10(14)15)5-9(12)13/h1-4,7H,5H2,(H2,12,13)(H,14,15)/t7-/m0/s1. The highest BCUT2D eigenvalue weighted by Crippen LogP contribution is 2.26. The van der Waals surface area contributed by atoms with E-state index in [0.29, 0.717) is 10.6 Å². The molecule has 0 fully saturated rings. The third kappa shape index (κ3) is 2.95. The van der Waals surface area contributed by atoms with Crippen LogP contribution in [0.4, 0.5) is 0 Å². The van der Waals surface area contributed by atoms with Crippen LogP contribution in [-0.2, 0) is 9.59 Å². The minimum Gasteiger partial charge on any atom is -0.481 e. The molecule has 0 unspecified atom stereocenters. The van der Waals surface area contributed by atoms with Crippen molar-refractivity contribution in [3.05, 3.63) is 34.9 Å². The van der Waals surface area contributed by atoms with Crippen LogP contribution >= 0.6 is 11.6 Å². The van der Waals surface area contributed by atoms with Gasteiger partial charge in [0.15, 0.2) is 0 Å². The summed E-state index contributed by atoms with van der Waals surface area (Å²) in [6.45, 7) is 0. The van der Waals surface area contributed by atoms with Crippen LogP contribution in [-0.4, -0.2) is 17.0 Å². The number of carbonyl (C=O) groups is 2. The lowest BCUT2D eigenvalue weighted by Gasteiger charge is -2.11. The largest absolute Gasteiger partial charge is 0.481 e. The van der Waals surface area contributed by atoms with E-state index in [4.69, 9.17) is 22.4 Å². The third-order valence-corrected chi connectivity index (χ3v) is 2.33. The molecule has 0 aliphatic carbocycles. The summed E-state index contributed by atoms with van der Waals surface area (Å²) in [6, 6.07) is 6.50. The number of nitrogens with two attached hydrogens (primary N) is 1. The summed E-state index contributed by atoms with van der Waals surface area (Å²) >= 11 is 5.83. The van der Waals surface area contributed by atoms with E-state index in [0.717, 1.165) is 0 Å². The van der Waals surface area contributed by atoms with Gasteiger partial charge in [0.1, 0.15) is 0 Å². The van der Waals surface area contributed by atoms with E-state index in [1.54, 1.807) is 24.3 Å². The van der Waals surface area contributed by atoms with E-state index < -0.39 is 17.8 Å². The van der Waals surface area contributed by atoms with Gasteiger partial charge in [-0.05, 0) is 11.6 Å². The first-order valence-electron chi connectivity index (χ1n) is 4.28. The quantitative estimate of drug-likeness (QED) is 0.816. The maximum Gasteiger partial charge on any atom is 0.311 e. The Hall–Kier alpha value is -1.55. The molecule has 0 bridgehead atoms. The summed E-state index contributed by atoms with van der Waals surface area (Å²) in [5, 5.41) is 9.26. The van der Waals surface area contributed by atoms with Gasteiger partial charge >= 0.3 is 5.97 Å². The van der Waals surface area contributed by atoms with Crippen LogP contribution in [0.3, 0.4) is 0 Å². The van der Waals surface area contributed by atoms with Crippen molar-refractivity contribution in [3.63, 3.8) is 0 Å². The van der Waals surface area contributed by atoms with Crippen LogP contribution in [0.5, 0.6) is 0 Å². The molecule has 0 aromatic heterocycles. The van der Waals surface area contributed by atoms with Crippen molar-refractivity contribution < 1.29 is 14.7 Å². The number of amides is 1. The fraction of sp³-hybridized carbons (Fsp3) is 0.200. The molecule has 1 aromatic rings. The Morgan fingerprint density at radius 3 is 2.47 bits per heavy atom. The fourth-order valence-electron chi connectivity index (χ4n) is 1.29. The molecule has 80 valence electrons. The maximum atomic E-state index is 10.9. The average Bonchev–Trinajstić information content (AvgIpc) is 2.15. The van der Waals surface area contributed by atoms with Crippen molar-refractivity contribution in [3.8, 4) is 0 Å². The van der Waals surface area contributed by atoms with Gasteiger partial charge in [-0.15, -0.1) is 0 Å². The molecule has 1 aromatic carbocycles. The monoisotopic (exact) mass is 227 g/mol. The van der Waals surface area contributed by atoms with Gasteiger partial charge in [-0.2, -0.15) is 0 Å². The van der Waals surface area contributed by atoms with Gasteiger partial charge in [0.2, 0.25) is 5.91 Å². The van der Waals surface area contributed by atoms with Crippen LogP contribution in [0, 0.1) is 0 Å². The highest BCUT2D eigenvalue weighted by molar-refractivity contribution is 6.31. The molecule has 0 saturated heterocycles. The van der Waals surface area contributed by atoms with Crippen molar-refractivity contribution in [2.45, 2.75) is 12.3 Å². The molecule has 0 heterocycles. The smallest absolute Gasteiger partial charge is 0.311 e. The van der Waals surface area contributed by atoms with E-state index in [1.807, 2.05) is 0 Å². The zero-order chi connectivity index (χ0) is 11.4. The van der Waals surface area contributed by atoms with Gasteiger partial charge in [-0.3, -0.25) is 9.59 Å². The molecular weight excluding hydrogens is 218 g/mol. The molecule has 0 aliphatic heterocycles. The van der Waals surface area contributed by atoms with Crippen LogP contribution in [0.2, 0.25) is 5.02 Å². The number of hydrogen-bond donors (Lipinski definition) is 2. The zero-order valence-corrected chi connectivity index (χ0v) is 8.57. The highest BCUT2D eigenvalue weighted by Gasteiger charge is 2.23. The van der Waals surface area contributed by atoms with Crippen molar-refractivity contribution in [1.82, 2.24) is 0 Å². The number of carboxylic acid groups (broad SMARTS) is 1. The Kier molecular flexibility index (Phi) is 3.68. The molecule has 0 saturated carbocycles. The Morgan fingerprint density at radius 1 is 1.40 bits per heavy atom. The minimum atomic E-state index is -1.11. The number of carbonyl (C=O) groups excluding carboxylic acids is 1. The number of carboxylic acids is 1. The molecule has 1 rings (SSSR count). The van der Waals surface area contributed by atoms with E-state index in [1.165, 1.54) is 0 Å². The summed E-state index contributed by atoms with van der Waals surface area (Å²) in [5.74, 6) is -2.75. The van der Waals surface area contributed by atoms with E-state index in [9.17, 15) is 9.59 Å². The Bertz CT molecular complexity index is 392. The lowest BCUT2D eigenvalue weighted by atomic mass is 9.95. The summed E-state index contributed by atoms with van der Waals surface area (Å²) in [4.78, 5) is 21.6. The fourth-order valence-corrected chi connectivity index (χ4v) is 1.56. The van der Waals surface area contributed by atoms with Gasteiger partial charge in [0, 0.05) is 11.4 Å². The second-order valence-corrected chi connectivity index (χ2v) is 3.49. The first-order valence-corrected chi connectivity index (χ1v) is 4.65. The lowest BCUT2D eigenvalue weighted by Crippen LogP contribution is -2.21. The Labute approximate surface area is 91.7 Å².